The summed E-state index contributed by atoms with van der Waals surface area (Å²) in [5, 5.41) is 0. The molecular weight excluding hydrogens is 949 g/mol. The Morgan fingerprint density at radius 2 is 0.506 bits per heavy atom. The van der Waals surface area contributed by atoms with Gasteiger partial charge in [0.15, 0.2) is 6.10 Å². The van der Waals surface area contributed by atoms with Crippen LogP contribution in [0.5, 0.6) is 0 Å². The van der Waals surface area contributed by atoms with Gasteiger partial charge in [-0.1, -0.05) is 264 Å². The smallest absolute Gasteiger partial charge is 0.306 e. The zero-order valence-electron chi connectivity index (χ0n) is 49.9. The van der Waals surface area contributed by atoms with Crippen LogP contribution in [0.25, 0.3) is 0 Å². The van der Waals surface area contributed by atoms with Crippen LogP contribution in [0.3, 0.4) is 0 Å². The van der Waals surface area contributed by atoms with Crippen molar-refractivity contribution in [1.82, 2.24) is 0 Å². The Balaban J connectivity index is 4.22. The Morgan fingerprint density at radius 1 is 0.273 bits per heavy atom. The number of ether oxygens (including phenoxy) is 3. The van der Waals surface area contributed by atoms with Gasteiger partial charge >= 0.3 is 17.9 Å². The first-order valence-electron chi connectivity index (χ1n) is 31.7. The molecule has 0 spiro atoms. The van der Waals surface area contributed by atoms with Crippen LogP contribution in [0, 0.1) is 0 Å². The molecule has 0 aromatic heterocycles. The van der Waals surface area contributed by atoms with Crippen LogP contribution < -0.4 is 0 Å². The molecule has 0 fully saturated rings. The molecule has 6 heteroatoms. The van der Waals surface area contributed by atoms with Gasteiger partial charge in [0.1, 0.15) is 13.2 Å². The van der Waals surface area contributed by atoms with Gasteiger partial charge in [-0.05, 0) is 128 Å². The molecule has 77 heavy (non-hydrogen) atoms. The topological polar surface area (TPSA) is 78.9 Å². The summed E-state index contributed by atoms with van der Waals surface area (Å²) in [7, 11) is 0. The van der Waals surface area contributed by atoms with E-state index in [1.54, 1.807) is 0 Å². The predicted octanol–water partition coefficient (Wildman–Crippen LogP) is 21.8. The second-order valence-electron chi connectivity index (χ2n) is 20.6. The van der Waals surface area contributed by atoms with E-state index in [9.17, 15) is 14.4 Å². The van der Waals surface area contributed by atoms with Gasteiger partial charge in [-0.3, -0.25) is 14.4 Å². The Labute approximate surface area is 475 Å². The highest BCUT2D eigenvalue weighted by molar-refractivity contribution is 5.71. The quantitative estimate of drug-likeness (QED) is 0.0261. The number of unbranched alkanes of at least 4 members (excludes halogenated alkanes) is 23. The molecule has 0 aliphatic carbocycles. The largest absolute Gasteiger partial charge is 0.462 e. The van der Waals surface area contributed by atoms with E-state index in [2.05, 4.69) is 154 Å². The van der Waals surface area contributed by atoms with Gasteiger partial charge < -0.3 is 14.2 Å². The van der Waals surface area contributed by atoms with E-state index in [0.717, 1.165) is 167 Å². The molecule has 6 nitrogen and oxygen atoms in total. The van der Waals surface area contributed by atoms with E-state index < -0.39 is 6.10 Å². The highest BCUT2D eigenvalue weighted by Gasteiger charge is 2.19. The average molecular weight is 1070 g/mol. The lowest BCUT2D eigenvalue weighted by atomic mass is 10.0. The van der Waals surface area contributed by atoms with Gasteiger partial charge in [-0.25, -0.2) is 0 Å². The van der Waals surface area contributed by atoms with Gasteiger partial charge in [-0.2, -0.15) is 0 Å². The van der Waals surface area contributed by atoms with Crippen LogP contribution >= 0.6 is 0 Å². The van der Waals surface area contributed by atoms with Crippen LogP contribution in [0.2, 0.25) is 0 Å². The predicted molar refractivity (Wildman–Crippen MR) is 334 cm³/mol. The molecule has 0 aliphatic rings. The monoisotopic (exact) mass is 1060 g/mol. The van der Waals surface area contributed by atoms with Crippen LogP contribution in [-0.2, 0) is 28.6 Å². The van der Waals surface area contributed by atoms with Crippen molar-refractivity contribution in [2.24, 2.45) is 0 Å². The minimum Gasteiger partial charge on any atom is -0.462 e. The number of carbonyl (C=O) groups excluding carboxylic acids is 3. The van der Waals surface area contributed by atoms with E-state index >= 15 is 0 Å². The van der Waals surface area contributed by atoms with Crippen molar-refractivity contribution in [3.63, 3.8) is 0 Å². The Bertz CT molecular complexity index is 1650. The second-order valence-corrected chi connectivity index (χ2v) is 20.6. The highest BCUT2D eigenvalue weighted by atomic mass is 16.6. The number of hydrogen-bond donors (Lipinski definition) is 0. The second kappa shape index (κ2) is 64.1. The fourth-order valence-electron chi connectivity index (χ4n) is 8.38. The summed E-state index contributed by atoms with van der Waals surface area (Å²) in [6.45, 7) is 6.37. The van der Waals surface area contributed by atoms with Crippen molar-refractivity contribution < 1.29 is 28.6 Å². The molecule has 0 saturated carbocycles. The summed E-state index contributed by atoms with van der Waals surface area (Å²) in [5.74, 6) is -0.924. The van der Waals surface area contributed by atoms with E-state index in [1.165, 1.54) is 70.6 Å². The zero-order valence-corrected chi connectivity index (χ0v) is 49.9. The van der Waals surface area contributed by atoms with Crippen molar-refractivity contribution in [2.45, 2.75) is 284 Å². The van der Waals surface area contributed by atoms with E-state index in [0.29, 0.717) is 19.3 Å². The fourth-order valence-corrected chi connectivity index (χ4v) is 8.38. The van der Waals surface area contributed by atoms with Crippen molar-refractivity contribution in [3.05, 3.63) is 134 Å². The lowest BCUT2D eigenvalue weighted by Crippen LogP contribution is -2.30. The Hall–Kier alpha value is -4.45. The van der Waals surface area contributed by atoms with Crippen LogP contribution in [-0.4, -0.2) is 37.2 Å². The maximum Gasteiger partial charge on any atom is 0.306 e. The molecular formula is C71H116O6. The normalized spacial score (nSPS) is 13.0. The maximum absolute atomic E-state index is 12.8. The summed E-state index contributed by atoms with van der Waals surface area (Å²) < 4.78 is 16.9. The molecule has 0 amide bonds. The molecule has 1 atom stereocenters. The van der Waals surface area contributed by atoms with Crippen LogP contribution in [0.15, 0.2) is 134 Å². The Kier molecular flexibility index (Phi) is 60.4. The number of rotatable bonds is 56. The molecule has 0 heterocycles. The fraction of sp³-hybridized carbons (Fsp3) is 0.648. The van der Waals surface area contributed by atoms with Gasteiger partial charge in [0.05, 0.1) is 0 Å². The number of hydrogen-bond acceptors (Lipinski definition) is 6. The van der Waals surface area contributed by atoms with Gasteiger partial charge in [-0.15, -0.1) is 0 Å². The molecule has 436 valence electrons. The number of carbonyl (C=O) groups is 3. The van der Waals surface area contributed by atoms with E-state index in [-0.39, 0.29) is 31.1 Å². The summed E-state index contributed by atoms with van der Waals surface area (Å²) in [4.78, 5) is 38.2. The third-order valence-corrected chi connectivity index (χ3v) is 13.1. The van der Waals surface area contributed by atoms with Gasteiger partial charge in [0, 0.05) is 19.3 Å². The first kappa shape index (κ1) is 72.5. The van der Waals surface area contributed by atoms with Crippen molar-refractivity contribution in [1.29, 1.82) is 0 Å². The molecule has 0 N–H and O–H groups in total. The first-order chi connectivity index (χ1) is 38.0. The summed E-state index contributed by atoms with van der Waals surface area (Å²) >= 11 is 0. The van der Waals surface area contributed by atoms with Crippen molar-refractivity contribution in [2.75, 3.05) is 13.2 Å². The molecule has 0 saturated heterocycles. The Morgan fingerprint density at radius 3 is 0.792 bits per heavy atom. The molecule has 0 bridgehead atoms. The average Bonchev–Trinajstić information content (AvgIpc) is 3.43. The summed E-state index contributed by atoms with van der Waals surface area (Å²) in [6.07, 6.45) is 90.3. The minimum atomic E-state index is -0.796. The third-order valence-electron chi connectivity index (χ3n) is 13.1. The molecule has 0 radical (unpaired) electrons. The van der Waals surface area contributed by atoms with E-state index in [1.807, 2.05) is 0 Å². The highest BCUT2D eigenvalue weighted by Crippen LogP contribution is 2.15. The summed E-state index contributed by atoms with van der Waals surface area (Å²) in [5.41, 5.74) is 0. The molecule has 0 aromatic carbocycles. The van der Waals surface area contributed by atoms with E-state index in [4.69, 9.17) is 14.2 Å². The van der Waals surface area contributed by atoms with Crippen LogP contribution in [0.4, 0.5) is 0 Å². The molecule has 0 aliphatic heterocycles. The lowest BCUT2D eigenvalue weighted by molar-refractivity contribution is -0.167. The van der Waals surface area contributed by atoms with Crippen molar-refractivity contribution in [3.8, 4) is 0 Å². The SMILES string of the molecule is CC/C=C\C/C=C\C/C=C\C/C=C\C/C=C\C/C=C\C/C=C\CCCCCCCCCCCCCC(=O)OCC(COC(=O)CCCCCCC/C=C\C/C=C\CCC)OC(=O)CCCCCCC/C=C\C/C=C\CCC. The minimum absolute atomic E-state index is 0.0923. The maximum atomic E-state index is 12.8. The standard InChI is InChI=1S/C71H116O6/c1-4-7-10-13-16-19-22-25-26-27-28-29-30-31-32-33-34-35-36-37-38-39-40-41-42-43-44-47-49-52-55-58-61-64-70(73)76-67-68(77-71(74)65-62-59-56-53-50-46-24-21-18-15-12-9-6-3)66-75-69(72)63-60-57-54-51-48-45-23-20-17-14-11-8-5-2/h7,10-12,14-16,19-21,23-26,28-29,31-32,34-35,37-38,68H,4-6,8-9,13,17-18,22,27,30,33,36,39-67H2,1-3H3/b10-7-,14-11-,15-12-,19-16-,23-20-,24-21-,26-25-,29-28-,32-31-,35-34-,38-37-. The first-order valence-corrected chi connectivity index (χ1v) is 31.7. The van der Waals surface area contributed by atoms with Gasteiger partial charge in [0.25, 0.3) is 0 Å². The number of allylic oxidation sites excluding steroid dienone is 22. The van der Waals surface area contributed by atoms with Crippen molar-refractivity contribution >= 4 is 17.9 Å². The molecule has 0 rings (SSSR count). The number of esters is 3. The third kappa shape index (κ3) is 62.3. The summed E-state index contributed by atoms with van der Waals surface area (Å²) in [6, 6.07) is 0. The van der Waals surface area contributed by atoms with Gasteiger partial charge in [0.2, 0.25) is 0 Å². The molecule has 1 unspecified atom stereocenters. The zero-order chi connectivity index (χ0) is 55.7. The molecule has 0 aromatic rings. The lowest BCUT2D eigenvalue weighted by Gasteiger charge is -2.18. The van der Waals surface area contributed by atoms with Crippen LogP contribution in [0.1, 0.15) is 278 Å².